The predicted molar refractivity (Wildman–Crippen MR) is 112 cm³/mol. The first-order chi connectivity index (χ1) is 14.0. The van der Waals surface area contributed by atoms with Crippen LogP contribution in [0.3, 0.4) is 0 Å². The quantitative estimate of drug-likeness (QED) is 0.521. The summed E-state index contributed by atoms with van der Waals surface area (Å²) in [4.78, 5) is 33.4. The molecular weight excluding hydrogens is 372 g/mol. The van der Waals surface area contributed by atoms with Crippen LogP contribution in [0.25, 0.3) is 0 Å². The highest BCUT2D eigenvalue weighted by Crippen LogP contribution is 2.12. The molecule has 4 N–H and O–H groups in total. The Morgan fingerprint density at radius 1 is 1.28 bits per heavy atom. The molecule has 1 aromatic heterocycles. The zero-order valence-corrected chi connectivity index (χ0v) is 16.7. The first-order valence-corrected chi connectivity index (χ1v) is 9.52. The van der Waals surface area contributed by atoms with Gasteiger partial charge in [-0.05, 0) is 30.5 Å². The third-order valence-corrected chi connectivity index (χ3v) is 4.90. The highest BCUT2D eigenvalue weighted by Gasteiger charge is 2.18. The van der Waals surface area contributed by atoms with E-state index in [1.807, 2.05) is 19.1 Å². The van der Waals surface area contributed by atoms with Gasteiger partial charge in [-0.25, -0.2) is 4.98 Å². The van der Waals surface area contributed by atoms with Crippen molar-refractivity contribution in [1.82, 2.24) is 14.9 Å². The molecule has 154 valence electrons. The molecule has 9 nitrogen and oxygen atoms in total. The van der Waals surface area contributed by atoms with Crippen molar-refractivity contribution in [3.8, 4) is 0 Å². The molecule has 2 aromatic rings. The number of hydrogen-bond acceptors (Lipinski definition) is 7. The maximum absolute atomic E-state index is 12.5. The molecule has 1 aliphatic heterocycles. The van der Waals surface area contributed by atoms with Crippen molar-refractivity contribution < 1.29 is 9.53 Å². The fourth-order valence-electron chi connectivity index (χ4n) is 3.04. The van der Waals surface area contributed by atoms with Crippen molar-refractivity contribution in [2.24, 2.45) is 0 Å². The van der Waals surface area contributed by atoms with Crippen LogP contribution in [0.4, 0.5) is 11.6 Å². The molecule has 3 rings (SSSR count). The van der Waals surface area contributed by atoms with E-state index >= 15 is 0 Å². The zero-order valence-electron chi connectivity index (χ0n) is 16.7. The Balaban J connectivity index is 1.66. The van der Waals surface area contributed by atoms with Crippen LogP contribution >= 0.6 is 0 Å². The van der Waals surface area contributed by atoms with Gasteiger partial charge in [0.2, 0.25) is 11.9 Å². The first kappa shape index (κ1) is 20.5. The van der Waals surface area contributed by atoms with Gasteiger partial charge in [-0.2, -0.15) is 0 Å². The molecule has 1 amide bonds. The largest absolute Gasteiger partial charge is 0.378 e. The van der Waals surface area contributed by atoms with Crippen LogP contribution in [0, 0.1) is 19.3 Å². The summed E-state index contributed by atoms with van der Waals surface area (Å²) in [5.41, 5.74) is 3.31. The van der Waals surface area contributed by atoms with Crippen LogP contribution in [-0.2, 0) is 16.1 Å². The Bertz CT molecular complexity index is 950. The average molecular weight is 398 g/mol. The van der Waals surface area contributed by atoms with Gasteiger partial charge in [-0.1, -0.05) is 18.2 Å². The number of morpholine rings is 1. The Labute approximate surface area is 169 Å². The summed E-state index contributed by atoms with van der Waals surface area (Å²) < 4.78 is 5.23. The number of carbonyl (C=O) groups excluding carboxylic acids is 1. The van der Waals surface area contributed by atoms with Gasteiger partial charge in [0.1, 0.15) is 11.4 Å². The van der Waals surface area contributed by atoms with E-state index in [0.29, 0.717) is 32.8 Å². The van der Waals surface area contributed by atoms with Crippen molar-refractivity contribution in [3.05, 3.63) is 50.9 Å². The van der Waals surface area contributed by atoms with E-state index in [1.54, 1.807) is 4.90 Å². The van der Waals surface area contributed by atoms with Crippen LogP contribution in [0.5, 0.6) is 0 Å². The van der Waals surface area contributed by atoms with Crippen molar-refractivity contribution >= 4 is 23.8 Å². The fraction of sp³-hybridized carbons (Fsp3) is 0.400. The Hall–Kier alpha value is -3.20. The number of aryl methyl sites for hydroxylation is 2. The van der Waals surface area contributed by atoms with Gasteiger partial charge in [0.25, 0.3) is 5.56 Å². The second-order valence-electron chi connectivity index (χ2n) is 6.94. The summed E-state index contributed by atoms with van der Waals surface area (Å²) >= 11 is 0. The SMILES string of the molecule is Cc1ccc(CNc2nc(C=N)c(NCC(=O)N3CCOCC3)c(=O)[nH]2)cc1C. The number of nitrogens with zero attached hydrogens (tertiary/aromatic N) is 2. The summed E-state index contributed by atoms with van der Waals surface area (Å²) in [6, 6.07) is 6.13. The number of H-pyrrole nitrogens is 1. The molecular formula is C20H26N6O3. The molecule has 0 aliphatic carbocycles. The van der Waals surface area contributed by atoms with E-state index in [-0.39, 0.29) is 29.8 Å². The molecule has 29 heavy (non-hydrogen) atoms. The van der Waals surface area contributed by atoms with E-state index in [1.165, 1.54) is 11.1 Å². The van der Waals surface area contributed by atoms with Crippen molar-refractivity contribution in [1.29, 1.82) is 5.41 Å². The van der Waals surface area contributed by atoms with E-state index in [2.05, 4.69) is 33.6 Å². The van der Waals surface area contributed by atoms with Gasteiger partial charge in [0.15, 0.2) is 0 Å². The highest BCUT2D eigenvalue weighted by molar-refractivity contribution is 5.86. The molecule has 0 spiro atoms. The van der Waals surface area contributed by atoms with Gasteiger partial charge < -0.3 is 25.7 Å². The third-order valence-electron chi connectivity index (χ3n) is 4.90. The standard InChI is InChI=1S/C20H26N6O3/c1-13-3-4-15(9-14(13)2)11-23-20-24-16(10-21)18(19(28)25-20)22-12-17(27)26-5-7-29-8-6-26/h3-4,9-10,21-22H,5-8,11-12H2,1-2H3,(H2,23,24,25,28). The zero-order chi connectivity index (χ0) is 20.8. The van der Waals surface area contributed by atoms with Crippen LogP contribution in [0.2, 0.25) is 0 Å². The van der Waals surface area contributed by atoms with Gasteiger partial charge in [0, 0.05) is 25.8 Å². The Kier molecular flexibility index (Phi) is 6.61. The van der Waals surface area contributed by atoms with Crippen molar-refractivity contribution in [3.63, 3.8) is 0 Å². The topological polar surface area (TPSA) is 123 Å². The lowest BCUT2D eigenvalue weighted by Gasteiger charge is -2.27. The lowest BCUT2D eigenvalue weighted by Crippen LogP contribution is -2.43. The third kappa shape index (κ3) is 5.20. The van der Waals surface area contributed by atoms with E-state index < -0.39 is 5.56 Å². The molecule has 0 radical (unpaired) electrons. The molecule has 2 heterocycles. The van der Waals surface area contributed by atoms with Crippen LogP contribution < -0.4 is 16.2 Å². The number of benzene rings is 1. The summed E-state index contributed by atoms with van der Waals surface area (Å²) in [5, 5.41) is 13.5. The van der Waals surface area contributed by atoms with Gasteiger partial charge >= 0.3 is 0 Å². The molecule has 1 aromatic carbocycles. The minimum Gasteiger partial charge on any atom is -0.378 e. The number of carbonyl (C=O) groups is 1. The molecule has 0 bridgehead atoms. The molecule has 9 heteroatoms. The molecule has 0 saturated carbocycles. The predicted octanol–water partition coefficient (Wildman–Crippen LogP) is 1.27. The van der Waals surface area contributed by atoms with E-state index in [4.69, 9.17) is 10.1 Å². The second-order valence-corrected chi connectivity index (χ2v) is 6.94. The van der Waals surface area contributed by atoms with Crippen LogP contribution in [0.15, 0.2) is 23.0 Å². The summed E-state index contributed by atoms with van der Waals surface area (Å²) in [6.45, 7) is 6.65. The molecule has 1 saturated heterocycles. The number of hydrogen-bond donors (Lipinski definition) is 4. The monoisotopic (exact) mass is 398 g/mol. The number of aromatic amines is 1. The van der Waals surface area contributed by atoms with Gasteiger partial charge in [0.05, 0.1) is 19.8 Å². The van der Waals surface area contributed by atoms with Crippen LogP contribution in [0.1, 0.15) is 22.4 Å². The van der Waals surface area contributed by atoms with Gasteiger partial charge in [-0.3, -0.25) is 14.6 Å². The Morgan fingerprint density at radius 3 is 2.72 bits per heavy atom. The number of rotatable bonds is 7. The summed E-state index contributed by atoms with van der Waals surface area (Å²) in [6.07, 6.45) is 0.998. The molecule has 1 aliphatic rings. The van der Waals surface area contributed by atoms with E-state index in [9.17, 15) is 9.59 Å². The van der Waals surface area contributed by atoms with Crippen LogP contribution in [-0.4, -0.2) is 59.8 Å². The average Bonchev–Trinajstić information content (AvgIpc) is 2.73. The first-order valence-electron chi connectivity index (χ1n) is 9.52. The molecule has 0 atom stereocenters. The molecule has 1 fully saturated rings. The Morgan fingerprint density at radius 2 is 2.03 bits per heavy atom. The maximum atomic E-state index is 12.5. The lowest BCUT2D eigenvalue weighted by atomic mass is 10.1. The number of amides is 1. The number of nitrogens with one attached hydrogen (secondary N) is 4. The minimum absolute atomic E-state index is 0.0407. The normalized spacial score (nSPS) is 13.8. The lowest BCUT2D eigenvalue weighted by molar-refractivity contribution is -0.133. The summed E-state index contributed by atoms with van der Waals surface area (Å²) in [5.74, 6) is 0.150. The maximum Gasteiger partial charge on any atom is 0.276 e. The fourth-order valence-corrected chi connectivity index (χ4v) is 3.04. The highest BCUT2D eigenvalue weighted by atomic mass is 16.5. The summed E-state index contributed by atoms with van der Waals surface area (Å²) in [7, 11) is 0. The number of aromatic nitrogens is 2. The number of ether oxygens (including phenoxy) is 1. The van der Waals surface area contributed by atoms with Crippen molar-refractivity contribution in [2.45, 2.75) is 20.4 Å². The minimum atomic E-state index is -0.434. The number of anilines is 2. The molecule has 0 unspecified atom stereocenters. The van der Waals surface area contributed by atoms with E-state index in [0.717, 1.165) is 11.8 Å². The second kappa shape index (κ2) is 9.33. The van der Waals surface area contributed by atoms with Crippen molar-refractivity contribution in [2.75, 3.05) is 43.5 Å². The smallest absolute Gasteiger partial charge is 0.276 e. The van der Waals surface area contributed by atoms with Gasteiger partial charge in [-0.15, -0.1) is 0 Å².